The quantitative estimate of drug-likeness (QED) is 0.300. The molecule has 3 aromatic carbocycles. The molecule has 0 radical (unpaired) electrons. The van der Waals surface area contributed by atoms with Gasteiger partial charge in [0.1, 0.15) is 5.75 Å². The first-order chi connectivity index (χ1) is 14.3. The van der Waals surface area contributed by atoms with E-state index < -0.39 is 0 Å². The standard InChI is InChI=1S/C25H25NO2S/c1-28-23-14-12-20(13-15-23)18-24(22-10-6-3-7-11-22)25(27)26-16-17-29-19-21-8-4-2-5-9-21/h2-15,18H,16-17,19H2,1H3,(H,26,27)/b24-18+. The topological polar surface area (TPSA) is 38.3 Å². The number of thioether (sulfide) groups is 1. The summed E-state index contributed by atoms with van der Waals surface area (Å²) in [5, 5.41) is 3.06. The lowest BCUT2D eigenvalue weighted by Crippen LogP contribution is -2.26. The van der Waals surface area contributed by atoms with Gasteiger partial charge in [0.25, 0.3) is 5.91 Å². The van der Waals surface area contributed by atoms with E-state index >= 15 is 0 Å². The van der Waals surface area contributed by atoms with Crippen molar-refractivity contribution >= 4 is 29.3 Å². The molecule has 4 heteroatoms. The Morgan fingerprint density at radius 3 is 2.24 bits per heavy atom. The van der Waals surface area contributed by atoms with Crippen LogP contribution in [-0.2, 0) is 10.5 Å². The molecule has 0 saturated heterocycles. The first-order valence-corrected chi connectivity index (χ1v) is 10.7. The number of carbonyl (C=O) groups excluding carboxylic acids is 1. The molecule has 3 aromatic rings. The molecule has 0 unspecified atom stereocenters. The van der Waals surface area contributed by atoms with E-state index in [1.165, 1.54) is 5.56 Å². The van der Waals surface area contributed by atoms with Gasteiger partial charge in [0, 0.05) is 23.6 Å². The molecular weight excluding hydrogens is 378 g/mol. The molecule has 3 nitrogen and oxygen atoms in total. The molecule has 0 atom stereocenters. The second-order valence-electron chi connectivity index (χ2n) is 6.49. The molecule has 0 aromatic heterocycles. The van der Waals surface area contributed by atoms with Crippen LogP contribution in [0, 0.1) is 0 Å². The lowest BCUT2D eigenvalue weighted by atomic mass is 10.0. The fraction of sp³-hybridized carbons (Fsp3) is 0.160. The zero-order valence-electron chi connectivity index (χ0n) is 16.5. The number of rotatable bonds is 9. The lowest BCUT2D eigenvalue weighted by Gasteiger charge is -2.10. The second-order valence-corrected chi connectivity index (χ2v) is 7.60. The Bertz CT molecular complexity index is 922. The normalized spacial score (nSPS) is 11.1. The summed E-state index contributed by atoms with van der Waals surface area (Å²) in [7, 11) is 1.64. The van der Waals surface area contributed by atoms with Crippen LogP contribution >= 0.6 is 11.8 Å². The van der Waals surface area contributed by atoms with Crippen molar-refractivity contribution in [2.24, 2.45) is 0 Å². The van der Waals surface area contributed by atoms with Crippen molar-refractivity contribution in [2.75, 3.05) is 19.4 Å². The Kier molecular flexibility index (Phi) is 7.96. The second kappa shape index (κ2) is 11.1. The first kappa shape index (κ1) is 20.7. The van der Waals surface area contributed by atoms with E-state index in [1.807, 2.05) is 90.6 Å². The number of amides is 1. The average molecular weight is 404 g/mol. The van der Waals surface area contributed by atoms with Gasteiger partial charge in [-0.3, -0.25) is 4.79 Å². The molecule has 0 fully saturated rings. The van der Waals surface area contributed by atoms with Crippen LogP contribution in [0.1, 0.15) is 16.7 Å². The molecule has 1 N–H and O–H groups in total. The number of methoxy groups -OCH3 is 1. The minimum Gasteiger partial charge on any atom is -0.497 e. The van der Waals surface area contributed by atoms with Crippen LogP contribution < -0.4 is 10.1 Å². The van der Waals surface area contributed by atoms with Crippen LogP contribution in [0.15, 0.2) is 84.9 Å². The molecule has 29 heavy (non-hydrogen) atoms. The molecule has 0 bridgehead atoms. The maximum absolute atomic E-state index is 12.9. The number of benzene rings is 3. The van der Waals surface area contributed by atoms with E-state index in [2.05, 4.69) is 17.4 Å². The summed E-state index contributed by atoms with van der Waals surface area (Å²) in [6.07, 6.45) is 1.92. The highest BCUT2D eigenvalue weighted by Gasteiger charge is 2.11. The predicted octanol–water partition coefficient (Wildman–Crippen LogP) is 5.29. The van der Waals surface area contributed by atoms with E-state index in [-0.39, 0.29) is 5.91 Å². The molecule has 148 valence electrons. The summed E-state index contributed by atoms with van der Waals surface area (Å²) >= 11 is 1.82. The fourth-order valence-electron chi connectivity index (χ4n) is 2.86. The maximum atomic E-state index is 12.9. The Labute approximate surface area is 176 Å². The average Bonchev–Trinajstić information content (AvgIpc) is 2.79. The van der Waals surface area contributed by atoms with E-state index in [0.717, 1.165) is 28.4 Å². The minimum absolute atomic E-state index is 0.0627. The molecule has 1 amide bonds. The molecule has 0 saturated carbocycles. The third kappa shape index (κ3) is 6.54. The lowest BCUT2D eigenvalue weighted by molar-refractivity contribution is -0.115. The van der Waals surface area contributed by atoms with Gasteiger partial charge in [0.15, 0.2) is 0 Å². The largest absolute Gasteiger partial charge is 0.497 e. The van der Waals surface area contributed by atoms with Gasteiger partial charge in [0.05, 0.1) is 7.11 Å². The Hall–Kier alpha value is -2.98. The maximum Gasteiger partial charge on any atom is 0.251 e. The summed E-state index contributed by atoms with van der Waals surface area (Å²) in [4.78, 5) is 12.9. The fourth-order valence-corrected chi connectivity index (χ4v) is 3.68. The van der Waals surface area contributed by atoms with E-state index in [9.17, 15) is 4.79 Å². The van der Waals surface area contributed by atoms with Gasteiger partial charge in [-0.05, 0) is 34.9 Å². The highest BCUT2D eigenvalue weighted by Crippen LogP contribution is 2.20. The minimum atomic E-state index is -0.0627. The van der Waals surface area contributed by atoms with Crippen molar-refractivity contribution in [1.29, 1.82) is 0 Å². The van der Waals surface area contributed by atoms with Crippen LogP contribution in [0.25, 0.3) is 11.6 Å². The van der Waals surface area contributed by atoms with Crippen molar-refractivity contribution < 1.29 is 9.53 Å². The monoisotopic (exact) mass is 403 g/mol. The van der Waals surface area contributed by atoms with Gasteiger partial charge in [-0.25, -0.2) is 0 Å². The van der Waals surface area contributed by atoms with Crippen LogP contribution in [0.5, 0.6) is 5.75 Å². The zero-order valence-corrected chi connectivity index (χ0v) is 17.3. The number of hydrogen-bond donors (Lipinski definition) is 1. The van der Waals surface area contributed by atoms with Crippen molar-refractivity contribution in [3.8, 4) is 5.75 Å². The van der Waals surface area contributed by atoms with E-state index in [4.69, 9.17) is 4.74 Å². The molecule has 3 rings (SSSR count). The van der Waals surface area contributed by atoms with E-state index in [0.29, 0.717) is 12.1 Å². The van der Waals surface area contributed by atoms with Crippen LogP contribution in [0.4, 0.5) is 0 Å². The third-order valence-electron chi connectivity index (χ3n) is 4.40. The molecule has 0 aliphatic heterocycles. The van der Waals surface area contributed by atoms with Gasteiger partial charge < -0.3 is 10.1 Å². The summed E-state index contributed by atoms with van der Waals surface area (Å²) in [6, 6.07) is 27.8. The smallest absolute Gasteiger partial charge is 0.251 e. The molecular formula is C25H25NO2S. The van der Waals surface area contributed by atoms with Gasteiger partial charge in [0.2, 0.25) is 0 Å². The molecule has 0 aliphatic carbocycles. The van der Waals surface area contributed by atoms with Crippen molar-refractivity contribution in [3.63, 3.8) is 0 Å². The highest BCUT2D eigenvalue weighted by molar-refractivity contribution is 7.98. The molecule has 0 heterocycles. The summed E-state index contributed by atoms with van der Waals surface area (Å²) in [5.74, 6) is 2.55. The van der Waals surface area contributed by atoms with Crippen molar-refractivity contribution in [1.82, 2.24) is 5.32 Å². The molecule has 0 spiro atoms. The van der Waals surface area contributed by atoms with Gasteiger partial charge in [-0.2, -0.15) is 11.8 Å². The van der Waals surface area contributed by atoms with Crippen LogP contribution in [-0.4, -0.2) is 25.3 Å². The first-order valence-electron chi connectivity index (χ1n) is 9.57. The van der Waals surface area contributed by atoms with Gasteiger partial charge in [-0.1, -0.05) is 72.8 Å². The van der Waals surface area contributed by atoms with E-state index in [1.54, 1.807) is 7.11 Å². The molecule has 0 aliphatic rings. The zero-order chi connectivity index (χ0) is 20.3. The number of carbonyl (C=O) groups is 1. The Balaban J connectivity index is 1.62. The summed E-state index contributed by atoms with van der Waals surface area (Å²) in [5.41, 5.74) is 3.81. The summed E-state index contributed by atoms with van der Waals surface area (Å²) in [6.45, 7) is 0.628. The van der Waals surface area contributed by atoms with Crippen molar-refractivity contribution in [3.05, 3.63) is 102 Å². The van der Waals surface area contributed by atoms with Gasteiger partial charge >= 0.3 is 0 Å². The number of hydrogen-bond acceptors (Lipinski definition) is 3. The predicted molar refractivity (Wildman–Crippen MR) is 123 cm³/mol. The highest BCUT2D eigenvalue weighted by atomic mass is 32.2. The number of nitrogens with one attached hydrogen (secondary N) is 1. The van der Waals surface area contributed by atoms with Gasteiger partial charge in [-0.15, -0.1) is 0 Å². The summed E-state index contributed by atoms with van der Waals surface area (Å²) < 4.78 is 5.21. The van der Waals surface area contributed by atoms with Crippen LogP contribution in [0.3, 0.4) is 0 Å². The number of ether oxygens (including phenoxy) is 1. The Morgan fingerprint density at radius 1 is 0.931 bits per heavy atom. The SMILES string of the molecule is COc1ccc(/C=C(/C(=O)NCCSCc2ccccc2)c2ccccc2)cc1. The van der Waals surface area contributed by atoms with Crippen molar-refractivity contribution in [2.45, 2.75) is 5.75 Å². The third-order valence-corrected chi connectivity index (χ3v) is 5.43. The Morgan fingerprint density at radius 2 is 1.59 bits per heavy atom. The van der Waals surface area contributed by atoms with Crippen LogP contribution in [0.2, 0.25) is 0 Å².